The van der Waals surface area contributed by atoms with Crippen molar-refractivity contribution >= 4 is 33.3 Å². The molecule has 1 fully saturated rings. The summed E-state index contributed by atoms with van der Waals surface area (Å²) in [4.78, 5) is 21.3. The largest absolute Gasteiger partial charge is 0.369 e. The van der Waals surface area contributed by atoms with Crippen LogP contribution >= 0.6 is 11.3 Å². The van der Waals surface area contributed by atoms with Gasteiger partial charge in [0.2, 0.25) is 5.91 Å². The number of carbonyl (C=O) groups excluding carboxylic acids is 1. The lowest BCUT2D eigenvalue weighted by Crippen LogP contribution is -2.27. The van der Waals surface area contributed by atoms with Gasteiger partial charge in [-0.2, -0.15) is 0 Å². The molecule has 3 aromatic rings. The minimum absolute atomic E-state index is 0.0596. The fraction of sp³-hybridized carbons (Fsp3) is 0.278. The third-order valence-corrected chi connectivity index (χ3v) is 5.00. The van der Waals surface area contributed by atoms with Gasteiger partial charge < -0.3 is 10.6 Å². The molecule has 5 nitrogen and oxygen atoms in total. The maximum atomic E-state index is 13.2. The predicted octanol–water partition coefficient (Wildman–Crippen LogP) is 3.58. The molecular formula is C18H17FN4OS. The number of rotatable bonds is 6. The number of hydrogen-bond donors (Lipinski definition) is 2. The molecule has 1 amide bonds. The van der Waals surface area contributed by atoms with Gasteiger partial charge in [-0.05, 0) is 30.5 Å². The summed E-state index contributed by atoms with van der Waals surface area (Å²) in [5.74, 6) is 0.494. The standard InChI is InChI=1S/C18H17FN4OS/c19-12-3-1-11(2-4-12)14-9-25-18-16(14)17(21-10-22-18)20-8-7-15(24)23-13-5-6-13/h1-4,9-10,13H,5-8H2,(H,23,24)(H,20,21,22). The first-order chi connectivity index (χ1) is 12.2. The van der Waals surface area contributed by atoms with Crippen molar-refractivity contribution in [3.63, 3.8) is 0 Å². The van der Waals surface area contributed by atoms with E-state index in [1.807, 2.05) is 5.38 Å². The molecule has 2 N–H and O–H groups in total. The third kappa shape index (κ3) is 3.61. The van der Waals surface area contributed by atoms with Crippen LogP contribution in [0.15, 0.2) is 36.0 Å². The second kappa shape index (κ2) is 6.76. The summed E-state index contributed by atoms with van der Waals surface area (Å²) in [5, 5.41) is 9.11. The van der Waals surface area contributed by atoms with E-state index >= 15 is 0 Å². The molecule has 7 heteroatoms. The summed E-state index contributed by atoms with van der Waals surface area (Å²) < 4.78 is 13.2. The minimum atomic E-state index is -0.264. The van der Waals surface area contributed by atoms with Crippen LogP contribution in [0, 0.1) is 5.82 Å². The summed E-state index contributed by atoms with van der Waals surface area (Å²) >= 11 is 1.52. The van der Waals surface area contributed by atoms with E-state index in [1.54, 1.807) is 12.1 Å². The van der Waals surface area contributed by atoms with Gasteiger partial charge in [0.25, 0.3) is 0 Å². The van der Waals surface area contributed by atoms with Crippen molar-refractivity contribution in [2.45, 2.75) is 25.3 Å². The van der Waals surface area contributed by atoms with Crippen LogP contribution < -0.4 is 10.6 Å². The van der Waals surface area contributed by atoms with Crippen molar-refractivity contribution in [1.29, 1.82) is 0 Å². The second-order valence-corrected chi connectivity index (χ2v) is 6.94. The highest BCUT2D eigenvalue weighted by Gasteiger charge is 2.22. The molecule has 1 aliphatic rings. The van der Waals surface area contributed by atoms with E-state index in [0.29, 0.717) is 24.8 Å². The second-order valence-electron chi connectivity index (χ2n) is 6.08. The Morgan fingerprint density at radius 3 is 2.80 bits per heavy atom. The molecule has 4 rings (SSSR count). The lowest BCUT2D eigenvalue weighted by Gasteiger charge is -2.08. The zero-order valence-corrected chi connectivity index (χ0v) is 14.3. The summed E-state index contributed by atoms with van der Waals surface area (Å²) in [5.41, 5.74) is 1.88. The Bertz CT molecular complexity index is 905. The Labute approximate surface area is 148 Å². The van der Waals surface area contributed by atoms with E-state index in [1.165, 1.54) is 29.8 Å². The number of nitrogens with one attached hydrogen (secondary N) is 2. The normalized spacial score (nSPS) is 13.8. The van der Waals surface area contributed by atoms with E-state index in [4.69, 9.17) is 0 Å². The molecule has 0 spiro atoms. The van der Waals surface area contributed by atoms with Gasteiger partial charge in [0.15, 0.2) is 0 Å². The van der Waals surface area contributed by atoms with Crippen LogP contribution in [0.1, 0.15) is 19.3 Å². The topological polar surface area (TPSA) is 66.9 Å². The van der Waals surface area contributed by atoms with E-state index in [2.05, 4.69) is 20.6 Å². The van der Waals surface area contributed by atoms with Crippen molar-refractivity contribution in [3.05, 3.63) is 41.8 Å². The number of halogens is 1. The fourth-order valence-corrected chi connectivity index (χ4v) is 3.59. The molecule has 1 saturated carbocycles. The Kier molecular flexibility index (Phi) is 4.31. The first-order valence-corrected chi connectivity index (χ1v) is 9.10. The lowest BCUT2D eigenvalue weighted by atomic mass is 10.1. The Hall–Kier alpha value is -2.54. The number of benzene rings is 1. The number of hydrogen-bond acceptors (Lipinski definition) is 5. The van der Waals surface area contributed by atoms with Gasteiger partial charge in [0.05, 0.1) is 5.39 Å². The first-order valence-electron chi connectivity index (χ1n) is 8.22. The van der Waals surface area contributed by atoms with Crippen LogP contribution in [-0.4, -0.2) is 28.5 Å². The molecule has 0 unspecified atom stereocenters. The number of aromatic nitrogens is 2. The molecular weight excluding hydrogens is 339 g/mol. The van der Waals surface area contributed by atoms with Gasteiger partial charge >= 0.3 is 0 Å². The summed E-state index contributed by atoms with van der Waals surface area (Å²) in [6.45, 7) is 0.503. The number of anilines is 1. The van der Waals surface area contributed by atoms with Gasteiger partial charge in [-0.25, -0.2) is 14.4 Å². The van der Waals surface area contributed by atoms with Crippen molar-refractivity contribution < 1.29 is 9.18 Å². The molecule has 0 atom stereocenters. The van der Waals surface area contributed by atoms with Crippen LogP contribution in [0.25, 0.3) is 21.3 Å². The van der Waals surface area contributed by atoms with Crippen LogP contribution in [0.3, 0.4) is 0 Å². The van der Waals surface area contributed by atoms with E-state index in [0.717, 1.165) is 34.2 Å². The molecule has 0 radical (unpaired) electrons. The average Bonchev–Trinajstić information content (AvgIpc) is 3.31. The zero-order chi connectivity index (χ0) is 17.2. The van der Waals surface area contributed by atoms with Crippen molar-refractivity contribution in [1.82, 2.24) is 15.3 Å². The Morgan fingerprint density at radius 1 is 1.24 bits per heavy atom. The van der Waals surface area contributed by atoms with Gasteiger partial charge in [-0.3, -0.25) is 4.79 Å². The highest BCUT2D eigenvalue weighted by atomic mass is 32.1. The quantitative estimate of drug-likeness (QED) is 0.708. The molecule has 25 heavy (non-hydrogen) atoms. The fourth-order valence-electron chi connectivity index (χ4n) is 2.67. The molecule has 0 bridgehead atoms. The molecule has 0 aliphatic heterocycles. The molecule has 1 aliphatic carbocycles. The molecule has 2 aromatic heterocycles. The van der Waals surface area contributed by atoms with Gasteiger partial charge in [-0.15, -0.1) is 11.3 Å². The van der Waals surface area contributed by atoms with Crippen molar-refractivity contribution in [2.75, 3.05) is 11.9 Å². The highest BCUT2D eigenvalue weighted by Crippen LogP contribution is 2.36. The summed E-state index contributed by atoms with van der Waals surface area (Å²) in [6, 6.07) is 6.75. The number of thiophene rings is 1. The van der Waals surface area contributed by atoms with Gasteiger partial charge in [0, 0.05) is 30.0 Å². The van der Waals surface area contributed by atoms with E-state index in [9.17, 15) is 9.18 Å². The molecule has 2 heterocycles. The minimum Gasteiger partial charge on any atom is -0.369 e. The molecule has 128 valence electrons. The van der Waals surface area contributed by atoms with Crippen molar-refractivity contribution in [3.8, 4) is 11.1 Å². The van der Waals surface area contributed by atoms with Crippen LogP contribution in [-0.2, 0) is 4.79 Å². The van der Waals surface area contributed by atoms with Crippen molar-refractivity contribution in [2.24, 2.45) is 0 Å². The maximum Gasteiger partial charge on any atom is 0.221 e. The van der Waals surface area contributed by atoms with Gasteiger partial charge in [0.1, 0.15) is 22.8 Å². The zero-order valence-electron chi connectivity index (χ0n) is 13.5. The number of amides is 1. The highest BCUT2D eigenvalue weighted by molar-refractivity contribution is 7.17. The maximum absolute atomic E-state index is 13.2. The lowest BCUT2D eigenvalue weighted by molar-refractivity contribution is -0.120. The van der Waals surface area contributed by atoms with E-state index in [-0.39, 0.29) is 11.7 Å². The van der Waals surface area contributed by atoms with Gasteiger partial charge in [-0.1, -0.05) is 12.1 Å². The number of nitrogens with zero attached hydrogens (tertiary/aromatic N) is 2. The third-order valence-electron chi connectivity index (χ3n) is 4.11. The summed E-state index contributed by atoms with van der Waals surface area (Å²) in [7, 11) is 0. The SMILES string of the molecule is O=C(CCNc1ncnc2scc(-c3ccc(F)cc3)c12)NC1CC1. The number of carbonyl (C=O) groups is 1. The Morgan fingerprint density at radius 2 is 2.04 bits per heavy atom. The monoisotopic (exact) mass is 356 g/mol. The number of fused-ring (bicyclic) bond motifs is 1. The van der Waals surface area contributed by atoms with E-state index < -0.39 is 0 Å². The van der Waals surface area contributed by atoms with Crippen LogP contribution in [0.5, 0.6) is 0 Å². The smallest absolute Gasteiger partial charge is 0.221 e. The van der Waals surface area contributed by atoms with Crippen LogP contribution in [0.2, 0.25) is 0 Å². The van der Waals surface area contributed by atoms with Crippen LogP contribution in [0.4, 0.5) is 10.2 Å². The average molecular weight is 356 g/mol. The Balaban J connectivity index is 1.54. The first kappa shape index (κ1) is 16.0. The predicted molar refractivity (Wildman–Crippen MR) is 97.1 cm³/mol. The molecule has 1 aromatic carbocycles. The summed E-state index contributed by atoms with van der Waals surface area (Å²) in [6.07, 6.45) is 4.08. The molecule has 0 saturated heterocycles.